The average Bonchev–Trinajstić information content (AvgIpc) is 3.06. The van der Waals surface area contributed by atoms with Crippen LogP contribution >= 0.6 is 0 Å². The summed E-state index contributed by atoms with van der Waals surface area (Å²) in [6.07, 6.45) is 12.4. The Morgan fingerprint density at radius 2 is 0.925 bits per heavy atom. The molecule has 2 unspecified atom stereocenters. The molecule has 2 saturated heterocycles. The van der Waals surface area contributed by atoms with Crippen LogP contribution in [0.15, 0.2) is 94.9 Å². The van der Waals surface area contributed by atoms with Gasteiger partial charge in [-0.05, 0) is 24.3 Å². The van der Waals surface area contributed by atoms with Crippen LogP contribution < -0.4 is 0 Å². The molecule has 0 radical (unpaired) electrons. The molecule has 0 bridgehead atoms. The number of hydrogen-bond acceptors (Lipinski definition) is 17. The third-order valence-electron chi connectivity index (χ3n) is 8.46. The lowest BCUT2D eigenvalue weighted by Crippen LogP contribution is -2.56. The van der Waals surface area contributed by atoms with Crippen LogP contribution in [0.4, 0.5) is 0 Å². The van der Waals surface area contributed by atoms with Crippen molar-refractivity contribution in [1.82, 2.24) is 0 Å². The summed E-state index contributed by atoms with van der Waals surface area (Å²) in [7, 11) is 1.37. The maximum Gasteiger partial charge on any atom is 0.348 e. The fourth-order valence-electron chi connectivity index (χ4n) is 5.51. The van der Waals surface area contributed by atoms with Gasteiger partial charge >= 0.3 is 35.8 Å². The highest BCUT2D eigenvalue weighted by atomic mass is 16.8. The Labute approximate surface area is 302 Å². The van der Waals surface area contributed by atoms with Gasteiger partial charge in [-0.15, -0.1) is 0 Å². The van der Waals surface area contributed by atoms with Gasteiger partial charge in [0.1, 0.15) is 28.9 Å². The van der Waals surface area contributed by atoms with Crippen LogP contribution in [0.25, 0.3) is 0 Å². The van der Waals surface area contributed by atoms with Gasteiger partial charge in [0.25, 0.3) is 35.0 Å². The normalized spacial score (nSPS) is 30.8. The van der Waals surface area contributed by atoms with Crippen LogP contribution in [0.5, 0.6) is 0 Å². The average molecular weight is 741 g/mol. The molecule has 0 aromatic rings. The van der Waals surface area contributed by atoms with Crippen molar-refractivity contribution < 1.29 is 81.6 Å². The molecule has 3 fully saturated rings. The lowest BCUT2D eigenvalue weighted by Gasteiger charge is -2.45. The second kappa shape index (κ2) is 14.9. The predicted molar refractivity (Wildman–Crippen MR) is 174 cm³/mol. The molecule has 17 heteroatoms. The minimum absolute atomic E-state index is 0.119. The second-order valence-electron chi connectivity index (χ2n) is 12.5. The first kappa shape index (κ1) is 38.1. The summed E-state index contributed by atoms with van der Waals surface area (Å²) in [5, 5.41) is 20.2. The molecule has 282 valence electrons. The number of hydrogen-bond donors (Lipinski definition) is 2. The summed E-state index contributed by atoms with van der Waals surface area (Å²) in [5.74, 6) is -12.9. The summed E-state index contributed by atoms with van der Waals surface area (Å²) in [5.41, 5.74) is -1.34. The Morgan fingerprint density at radius 1 is 0.547 bits per heavy atom. The first-order chi connectivity index (χ1) is 25.0. The molecule has 2 spiro atoms. The van der Waals surface area contributed by atoms with Crippen molar-refractivity contribution in [2.45, 2.75) is 76.0 Å². The third-order valence-corrected chi connectivity index (χ3v) is 8.46. The quantitative estimate of drug-likeness (QED) is 0.114. The number of rotatable bonds is 9. The van der Waals surface area contributed by atoms with Gasteiger partial charge in [0.05, 0.1) is 0 Å². The van der Waals surface area contributed by atoms with Crippen molar-refractivity contribution in [2.24, 2.45) is 0 Å². The van der Waals surface area contributed by atoms with Gasteiger partial charge in [-0.25, -0.2) is 28.8 Å². The molecule has 4 aliphatic heterocycles. The second-order valence-corrected chi connectivity index (χ2v) is 12.5. The van der Waals surface area contributed by atoms with Crippen molar-refractivity contribution in [1.29, 1.82) is 0 Å². The van der Waals surface area contributed by atoms with Gasteiger partial charge in [0.15, 0.2) is 0 Å². The maximum atomic E-state index is 12.8. The lowest BCUT2D eigenvalue weighted by atomic mass is 9.87. The third kappa shape index (κ3) is 8.35. The van der Waals surface area contributed by atoms with E-state index in [2.05, 4.69) is 0 Å². The van der Waals surface area contributed by atoms with Gasteiger partial charge in [-0.3, -0.25) is 0 Å². The molecule has 17 nitrogen and oxygen atoms in total. The molecule has 53 heavy (non-hydrogen) atoms. The number of cyclic esters (lactones) is 2. The van der Waals surface area contributed by atoms with Crippen molar-refractivity contribution in [3.63, 3.8) is 0 Å². The number of aliphatic hydroxyl groups excluding tert-OH is 2. The largest absolute Gasteiger partial charge is 0.480 e. The molecule has 1 aliphatic carbocycles. The minimum atomic E-state index is -1.68. The summed E-state index contributed by atoms with van der Waals surface area (Å²) in [6.45, 7) is 4.52. The SMILES string of the molecule is CCC1(C)OC(=O)C(C=CC=CC=C2C(=O)OC3(CCC4(CC3)OC(=O)C(=CC=CC=CC3=C(O)OC(C)(COC)OC3=O)C(=O)O4)OC2=O)=C(O)O1. The monoisotopic (exact) mass is 740 g/mol. The number of allylic oxidation sites excluding steroid dienone is 8. The summed E-state index contributed by atoms with van der Waals surface area (Å²) >= 11 is 0. The Morgan fingerprint density at radius 3 is 1.28 bits per heavy atom. The molecule has 1 saturated carbocycles. The Bertz CT molecular complexity index is 1800. The number of carbonyl (C=O) groups is 6. The van der Waals surface area contributed by atoms with Crippen LogP contribution in [0.3, 0.4) is 0 Å². The highest BCUT2D eigenvalue weighted by Crippen LogP contribution is 2.45. The Balaban J connectivity index is 1.14. The predicted octanol–water partition coefficient (Wildman–Crippen LogP) is 3.41. The van der Waals surface area contributed by atoms with Crippen molar-refractivity contribution in [2.75, 3.05) is 13.7 Å². The lowest BCUT2D eigenvalue weighted by molar-refractivity contribution is -0.291. The number of methoxy groups -OCH3 is 1. The van der Waals surface area contributed by atoms with E-state index < -0.39 is 82.0 Å². The van der Waals surface area contributed by atoms with E-state index in [0.29, 0.717) is 6.42 Å². The fraction of sp³-hybridized carbons (Fsp3) is 0.389. The van der Waals surface area contributed by atoms with Gasteiger partial charge in [-0.1, -0.05) is 43.4 Å². The first-order valence-electron chi connectivity index (χ1n) is 16.3. The smallest absolute Gasteiger partial charge is 0.348 e. The number of ether oxygens (including phenoxy) is 9. The summed E-state index contributed by atoms with van der Waals surface area (Å²) in [4.78, 5) is 75.7. The maximum absolute atomic E-state index is 12.8. The topological polar surface area (TPSA) is 226 Å². The van der Waals surface area contributed by atoms with Gasteiger partial charge in [-0.2, -0.15) is 0 Å². The van der Waals surface area contributed by atoms with E-state index in [4.69, 9.17) is 42.6 Å². The van der Waals surface area contributed by atoms with E-state index in [-0.39, 0.29) is 43.4 Å². The molecular formula is C36H36O17. The molecule has 5 rings (SSSR count). The molecule has 5 aliphatic rings. The summed E-state index contributed by atoms with van der Waals surface area (Å²) < 4.78 is 47.6. The Kier molecular flexibility index (Phi) is 10.7. The zero-order chi connectivity index (χ0) is 38.6. The van der Waals surface area contributed by atoms with Gasteiger partial charge in [0.2, 0.25) is 0 Å². The number of esters is 6. The molecule has 0 amide bonds. The van der Waals surface area contributed by atoms with E-state index in [1.165, 1.54) is 69.6 Å². The van der Waals surface area contributed by atoms with E-state index in [9.17, 15) is 39.0 Å². The van der Waals surface area contributed by atoms with Crippen molar-refractivity contribution in [3.05, 3.63) is 94.9 Å². The van der Waals surface area contributed by atoms with E-state index >= 15 is 0 Å². The van der Waals surface area contributed by atoms with Crippen molar-refractivity contribution >= 4 is 35.8 Å². The molecule has 2 N–H and O–H groups in total. The molecule has 0 aromatic carbocycles. The molecule has 2 atom stereocenters. The highest BCUT2D eigenvalue weighted by Gasteiger charge is 2.56. The van der Waals surface area contributed by atoms with E-state index in [1.807, 2.05) is 0 Å². The van der Waals surface area contributed by atoms with Gasteiger partial charge < -0.3 is 52.8 Å². The minimum Gasteiger partial charge on any atom is -0.480 e. The van der Waals surface area contributed by atoms with Crippen LogP contribution in [0, 0.1) is 0 Å². The zero-order valence-electron chi connectivity index (χ0n) is 29.0. The zero-order valence-corrected chi connectivity index (χ0v) is 29.0. The molecule has 4 heterocycles. The number of aliphatic hydroxyl groups is 2. The Hall–Kier alpha value is -6.10. The number of carbonyl (C=O) groups excluding carboxylic acids is 6. The highest BCUT2D eigenvalue weighted by molar-refractivity contribution is 6.16. The fourth-order valence-corrected chi connectivity index (χ4v) is 5.51. The van der Waals surface area contributed by atoms with Crippen LogP contribution in [0.1, 0.15) is 52.9 Å². The van der Waals surface area contributed by atoms with Gasteiger partial charge in [0, 0.05) is 53.1 Å². The molecule has 0 aromatic heterocycles. The van der Waals surface area contributed by atoms with E-state index in [1.54, 1.807) is 6.92 Å². The van der Waals surface area contributed by atoms with Crippen LogP contribution in [-0.2, 0) is 71.4 Å². The summed E-state index contributed by atoms with van der Waals surface area (Å²) in [6, 6.07) is 0. The first-order valence-corrected chi connectivity index (χ1v) is 16.3. The van der Waals surface area contributed by atoms with E-state index in [0.717, 1.165) is 12.2 Å². The standard InChI is InChI=1S/C36H36O17/c1-5-33(2)46-25(37)21(26(38)47-33)12-8-6-10-14-23-29(41)50-35(51-30(23)42)16-18-36(19-17-35)52-31(43)24(32(44)53-36)15-11-7-9-13-22-27(39)48-34(3,20-45-4)49-28(22)40/h6-15,37,39H,5,16-20H2,1-4H3. The van der Waals surface area contributed by atoms with Crippen LogP contribution in [0.2, 0.25) is 0 Å². The van der Waals surface area contributed by atoms with Crippen LogP contribution in [-0.4, -0.2) is 82.9 Å². The van der Waals surface area contributed by atoms with Crippen molar-refractivity contribution in [3.8, 4) is 0 Å². The molecular weight excluding hydrogens is 704 g/mol.